The predicted molar refractivity (Wildman–Crippen MR) is 117 cm³/mol. The molecule has 0 unspecified atom stereocenters. The number of halogens is 1. The van der Waals surface area contributed by atoms with Crippen LogP contribution in [0.5, 0.6) is 5.75 Å². The van der Waals surface area contributed by atoms with Crippen LogP contribution in [0, 0.1) is 6.92 Å². The number of methoxy groups -OCH3 is 1. The maximum atomic E-state index is 5.26. The van der Waals surface area contributed by atoms with Crippen LogP contribution in [0.4, 0.5) is 0 Å². The van der Waals surface area contributed by atoms with E-state index in [1.54, 1.807) is 18.4 Å². The Bertz CT molecular complexity index is 660. The fourth-order valence-electron chi connectivity index (χ4n) is 2.28. The Morgan fingerprint density at radius 1 is 1.28 bits per heavy atom. The monoisotopic (exact) mass is 474 g/mol. The number of nitrogens with zero attached hydrogens (tertiary/aromatic N) is 2. The third-order valence-corrected chi connectivity index (χ3v) is 4.42. The average molecular weight is 474 g/mol. The summed E-state index contributed by atoms with van der Waals surface area (Å²) in [4.78, 5) is 10.2. The van der Waals surface area contributed by atoms with Gasteiger partial charge >= 0.3 is 0 Å². The van der Waals surface area contributed by atoms with E-state index in [1.165, 1.54) is 10.4 Å². The van der Waals surface area contributed by atoms with E-state index in [0.29, 0.717) is 0 Å². The van der Waals surface area contributed by atoms with Crippen LogP contribution in [-0.2, 0) is 12.8 Å². The summed E-state index contributed by atoms with van der Waals surface area (Å²) < 4.78 is 5.26. The number of aliphatic imine (C=N–C) groups is 1. The van der Waals surface area contributed by atoms with Crippen LogP contribution >= 0.6 is 35.3 Å². The van der Waals surface area contributed by atoms with Crippen molar-refractivity contribution in [2.45, 2.75) is 26.7 Å². The van der Waals surface area contributed by atoms with Gasteiger partial charge in [0.1, 0.15) is 5.75 Å². The number of aromatic nitrogens is 1. The number of aryl methyl sites for hydroxylation is 1. The number of thiazole rings is 1. The summed E-state index contributed by atoms with van der Waals surface area (Å²) in [5.41, 5.74) is 1.25. The molecule has 5 nitrogen and oxygen atoms in total. The number of ether oxygens (including phenoxy) is 1. The Hall–Kier alpha value is -1.35. The molecule has 0 bridgehead atoms. The van der Waals surface area contributed by atoms with Crippen LogP contribution in [0.15, 0.2) is 35.5 Å². The second-order valence-electron chi connectivity index (χ2n) is 5.40. The van der Waals surface area contributed by atoms with Gasteiger partial charge in [0.25, 0.3) is 0 Å². The molecule has 138 valence electrons. The van der Waals surface area contributed by atoms with E-state index in [9.17, 15) is 0 Å². The standard InChI is InChI=1S/C18H26N4OS.HI/c1-4-19-18(21-11-9-17-22-13-14(2)24-17)20-10-8-15-6-5-7-16(12-15)23-3;/h5-7,12-13H,4,8-11H2,1-3H3,(H2,19,20,21);1H. The molecule has 2 rings (SSSR count). The first kappa shape index (κ1) is 21.7. The first-order valence-electron chi connectivity index (χ1n) is 8.27. The Kier molecular flexibility index (Phi) is 10.5. The third-order valence-electron chi connectivity index (χ3n) is 3.45. The molecule has 0 aliphatic rings. The Morgan fingerprint density at radius 2 is 2.12 bits per heavy atom. The number of guanidine groups is 1. The molecule has 0 amide bonds. The summed E-state index contributed by atoms with van der Waals surface area (Å²) in [7, 11) is 1.69. The first-order chi connectivity index (χ1) is 11.7. The zero-order chi connectivity index (χ0) is 17.2. The van der Waals surface area contributed by atoms with E-state index < -0.39 is 0 Å². The average Bonchev–Trinajstić information content (AvgIpc) is 3.00. The highest BCUT2D eigenvalue weighted by atomic mass is 127. The van der Waals surface area contributed by atoms with Gasteiger partial charge in [-0.25, -0.2) is 4.98 Å². The number of hydrogen-bond acceptors (Lipinski definition) is 4. The highest BCUT2D eigenvalue weighted by Crippen LogP contribution is 2.13. The molecule has 2 aromatic rings. The van der Waals surface area contributed by atoms with Crippen LogP contribution < -0.4 is 15.4 Å². The molecule has 0 radical (unpaired) electrons. The maximum Gasteiger partial charge on any atom is 0.191 e. The maximum absolute atomic E-state index is 5.26. The van der Waals surface area contributed by atoms with E-state index in [2.05, 4.69) is 46.6 Å². The van der Waals surface area contributed by atoms with Crippen molar-refractivity contribution < 1.29 is 4.74 Å². The number of benzene rings is 1. The molecule has 0 aliphatic carbocycles. The van der Waals surface area contributed by atoms with E-state index in [0.717, 1.165) is 49.2 Å². The molecule has 0 spiro atoms. The Labute approximate surface area is 171 Å². The molecule has 1 aromatic carbocycles. The molecule has 25 heavy (non-hydrogen) atoms. The minimum Gasteiger partial charge on any atom is -0.497 e. The van der Waals surface area contributed by atoms with Crippen LogP contribution in [0.1, 0.15) is 22.4 Å². The zero-order valence-corrected chi connectivity index (χ0v) is 18.2. The lowest BCUT2D eigenvalue weighted by Gasteiger charge is -2.11. The van der Waals surface area contributed by atoms with Crippen LogP contribution in [0.2, 0.25) is 0 Å². The van der Waals surface area contributed by atoms with Crippen LogP contribution in [0.3, 0.4) is 0 Å². The van der Waals surface area contributed by atoms with Gasteiger partial charge in [-0.3, -0.25) is 4.99 Å². The lowest BCUT2D eigenvalue weighted by molar-refractivity contribution is 0.414. The van der Waals surface area contributed by atoms with Crippen molar-refractivity contribution in [1.82, 2.24) is 15.6 Å². The van der Waals surface area contributed by atoms with E-state index in [1.807, 2.05) is 18.3 Å². The van der Waals surface area contributed by atoms with Crippen LogP contribution in [-0.4, -0.2) is 37.7 Å². The molecular formula is C18H27IN4OS. The van der Waals surface area contributed by atoms with E-state index >= 15 is 0 Å². The predicted octanol–water partition coefficient (Wildman–Crippen LogP) is 3.42. The molecule has 2 N–H and O–H groups in total. The Morgan fingerprint density at radius 3 is 2.80 bits per heavy atom. The van der Waals surface area contributed by atoms with Crippen molar-refractivity contribution in [3.05, 3.63) is 45.9 Å². The molecular weight excluding hydrogens is 447 g/mol. The van der Waals surface area contributed by atoms with Crippen molar-refractivity contribution in [3.8, 4) is 5.75 Å². The fraction of sp³-hybridized carbons (Fsp3) is 0.444. The molecule has 1 aromatic heterocycles. The van der Waals surface area contributed by atoms with Gasteiger partial charge in [-0.2, -0.15) is 0 Å². The van der Waals surface area contributed by atoms with Gasteiger partial charge in [0.2, 0.25) is 0 Å². The Balaban J connectivity index is 0.00000312. The van der Waals surface area contributed by atoms with Crippen molar-refractivity contribution >= 4 is 41.3 Å². The van der Waals surface area contributed by atoms with Gasteiger partial charge in [0.05, 0.1) is 12.1 Å². The van der Waals surface area contributed by atoms with Gasteiger partial charge in [-0.15, -0.1) is 35.3 Å². The second-order valence-corrected chi connectivity index (χ2v) is 6.72. The van der Waals surface area contributed by atoms with Gasteiger partial charge in [0, 0.05) is 37.1 Å². The van der Waals surface area contributed by atoms with Crippen molar-refractivity contribution in [1.29, 1.82) is 0 Å². The highest BCUT2D eigenvalue weighted by molar-refractivity contribution is 14.0. The number of nitrogens with one attached hydrogen (secondary N) is 2. The third kappa shape index (κ3) is 8.04. The minimum atomic E-state index is 0. The van der Waals surface area contributed by atoms with E-state index in [4.69, 9.17) is 4.74 Å². The van der Waals surface area contributed by atoms with Crippen molar-refractivity contribution in [2.24, 2.45) is 4.99 Å². The molecule has 0 saturated heterocycles. The summed E-state index contributed by atoms with van der Waals surface area (Å²) in [6.07, 6.45) is 3.72. The minimum absolute atomic E-state index is 0. The lowest BCUT2D eigenvalue weighted by atomic mass is 10.1. The summed E-state index contributed by atoms with van der Waals surface area (Å²) in [6.45, 7) is 6.57. The highest BCUT2D eigenvalue weighted by Gasteiger charge is 2.01. The smallest absolute Gasteiger partial charge is 0.191 e. The number of rotatable bonds is 8. The summed E-state index contributed by atoms with van der Waals surface area (Å²) in [6, 6.07) is 8.15. The molecule has 7 heteroatoms. The quantitative estimate of drug-likeness (QED) is 0.350. The van der Waals surface area contributed by atoms with Crippen molar-refractivity contribution in [2.75, 3.05) is 26.7 Å². The second kappa shape index (κ2) is 12.1. The molecule has 0 saturated carbocycles. The summed E-state index contributed by atoms with van der Waals surface area (Å²) in [5.74, 6) is 1.75. The van der Waals surface area contributed by atoms with Gasteiger partial charge in [0.15, 0.2) is 5.96 Å². The largest absolute Gasteiger partial charge is 0.497 e. The normalized spacial score (nSPS) is 10.9. The molecule has 0 atom stereocenters. The lowest BCUT2D eigenvalue weighted by Crippen LogP contribution is -2.38. The van der Waals surface area contributed by atoms with Crippen molar-refractivity contribution in [3.63, 3.8) is 0 Å². The van der Waals surface area contributed by atoms with Gasteiger partial charge in [-0.1, -0.05) is 12.1 Å². The summed E-state index contributed by atoms with van der Waals surface area (Å²) in [5, 5.41) is 7.80. The molecule has 0 fully saturated rings. The summed E-state index contributed by atoms with van der Waals surface area (Å²) >= 11 is 1.74. The topological polar surface area (TPSA) is 58.5 Å². The first-order valence-corrected chi connectivity index (χ1v) is 9.09. The number of hydrogen-bond donors (Lipinski definition) is 2. The van der Waals surface area contributed by atoms with Gasteiger partial charge in [-0.05, 0) is 38.0 Å². The van der Waals surface area contributed by atoms with Crippen LogP contribution in [0.25, 0.3) is 0 Å². The molecule has 1 heterocycles. The van der Waals surface area contributed by atoms with Gasteiger partial charge < -0.3 is 15.4 Å². The zero-order valence-electron chi connectivity index (χ0n) is 15.0. The SMILES string of the molecule is CCNC(=NCCc1ncc(C)s1)NCCc1cccc(OC)c1.I. The fourth-order valence-corrected chi connectivity index (χ4v) is 3.05. The molecule has 0 aliphatic heterocycles. The van der Waals surface area contributed by atoms with E-state index in [-0.39, 0.29) is 24.0 Å².